The molecule has 0 spiro atoms. The molecule has 2 aromatic rings. The van der Waals surface area contributed by atoms with Gasteiger partial charge in [-0.25, -0.2) is 4.39 Å². The normalized spacial score (nSPS) is 10.8. The van der Waals surface area contributed by atoms with Gasteiger partial charge in [0.2, 0.25) is 0 Å². The molecule has 0 saturated carbocycles. The van der Waals surface area contributed by atoms with E-state index in [1.165, 1.54) is 25.3 Å². The van der Waals surface area contributed by atoms with Gasteiger partial charge in [0.05, 0.1) is 7.11 Å². The van der Waals surface area contributed by atoms with Crippen molar-refractivity contribution in [2.24, 2.45) is 0 Å². The van der Waals surface area contributed by atoms with Gasteiger partial charge in [0.1, 0.15) is 0 Å². The van der Waals surface area contributed by atoms with Crippen LogP contribution in [0.1, 0.15) is 15.9 Å². The predicted octanol–water partition coefficient (Wildman–Crippen LogP) is 4.38. The van der Waals surface area contributed by atoms with Gasteiger partial charge in [-0.2, -0.15) is 0 Å². The fourth-order valence-corrected chi connectivity index (χ4v) is 1.79. The summed E-state index contributed by atoms with van der Waals surface area (Å²) in [6.07, 6.45) is 3.04. The molecule has 0 N–H and O–H groups in total. The maximum Gasteiger partial charge on any atom is 0.185 e. The zero-order valence-electron chi connectivity index (χ0n) is 10.8. The highest BCUT2D eigenvalue weighted by Crippen LogP contribution is 2.19. The van der Waals surface area contributed by atoms with Gasteiger partial charge in [-0.1, -0.05) is 23.7 Å². The van der Waals surface area contributed by atoms with Gasteiger partial charge in [-0.05, 0) is 48.0 Å². The van der Waals surface area contributed by atoms with Crippen LogP contribution in [-0.2, 0) is 0 Å². The number of methoxy groups -OCH3 is 1. The number of hydrogen-bond donors (Lipinski definition) is 0. The third-order valence-corrected chi connectivity index (χ3v) is 2.98. The molecule has 0 aliphatic heterocycles. The Balaban J connectivity index is 2.16. The van der Waals surface area contributed by atoms with Crippen LogP contribution in [0.5, 0.6) is 5.75 Å². The fraction of sp³-hybridized carbons (Fsp3) is 0.0625. The predicted molar refractivity (Wildman–Crippen MR) is 77.8 cm³/mol. The van der Waals surface area contributed by atoms with Crippen molar-refractivity contribution in [2.75, 3.05) is 7.11 Å². The van der Waals surface area contributed by atoms with Crippen molar-refractivity contribution < 1.29 is 13.9 Å². The molecule has 0 amide bonds. The smallest absolute Gasteiger partial charge is 0.185 e. The second-order valence-corrected chi connectivity index (χ2v) is 4.53. The first kappa shape index (κ1) is 14.3. The first-order valence-corrected chi connectivity index (χ1v) is 6.29. The Morgan fingerprint density at radius 3 is 2.55 bits per heavy atom. The molecule has 0 bridgehead atoms. The van der Waals surface area contributed by atoms with Gasteiger partial charge in [-0.3, -0.25) is 4.79 Å². The summed E-state index contributed by atoms with van der Waals surface area (Å²) in [6.45, 7) is 0. The minimum Gasteiger partial charge on any atom is -0.494 e. The number of rotatable bonds is 4. The van der Waals surface area contributed by atoms with Crippen molar-refractivity contribution in [3.8, 4) is 5.75 Å². The van der Waals surface area contributed by atoms with E-state index < -0.39 is 5.82 Å². The van der Waals surface area contributed by atoms with E-state index in [0.717, 1.165) is 0 Å². The van der Waals surface area contributed by atoms with Crippen molar-refractivity contribution in [1.82, 2.24) is 0 Å². The molecular formula is C16H12ClFO2. The second-order valence-electron chi connectivity index (χ2n) is 4.10. The molecule has 102 valence electrons. The van der Waals surface area contributed by atoms with Crippen molar-refractivity contribution in [3.05, 3.63) is 70.5 Å². The van der Waals surface area contributed by atoms with Crippen molar-refractivity contribution in [2.45, 2.75) is 0 Å². The quantitative estimate of drug-likeness (QED) is 0.617. The summed E-state index contributed by atoms with van der Waals surface area (Å²) in [7, 11) is 1.39. The number of halogens is 2. The van der Waals surface area contributed by atoms with Crippen molar-refractivity contribution >= 4 is 23.5 Å². The number of allylic oxidation sites excluding steroid dienone is 1. The summed E-state index contributed by atoms with van der Waals surface area (Å²) in [5.41, 5.74) is 1.23. The first-order chi connectivity index (χ1) is 9.60. The average Bonchev–Trinajstić information content (AvgIpc) is 2.46. The zero-order chi connectivity index (χ0) is 14.5. The van der Waals surface area contributed by atoms with E-state index in [2.05, 4.69) is 0 Å². The van der Waals surface area contributed by atoms with Crippen LogP contribution >= 0.6 is 11.6 Å². The van der Waals surface area contributed by atoms with Gasteiger partial charge in [0.25, 0.3) is 0 Å². The van der Waals surface area contributed by atoms with Crippen LogP contribution in [-0.4, -0.2) is 12.9 Å². The Morgan fingerprint density at radius 2 is 1.90 bits per heavy atom. The van der Waals surface area contributed by atoms with Crippen LogP contribution in [0.2, 0.25) is 5.02 Å². The molecule has 20 heavy (non-hydrogen) atoms. The highest BCUT2D eigenvalue weighted by molar-refractivity contribution is 6.30. The number of ether oxygens (including phenoxy) is 1. The summed E-state index contributed by atoms with van der Waals surface area (Å²) in [5.74, 6) is -0.440. The third kappa shape index (κ3) is 3.45. The Kier molecular flexibility index (Phi) is 4.53. The van der Waals surface area contributed by atoms with Crippen LogP contribution in [0.3, 0.4) is 0 Å². The lowest BCUT2D eigenvalue weighted by atomic mass is 10.1. The molecule has 2 aromatic carbocycles. The van der Waals surface area contributed by atoms with E-state index in [9.17, 15) is 9.18 Å². The van der Waals surface area contributed by atoms with Crippen LogP contribution in [0, 0.1) is 5.82 Å². The molecule has 0 unspecified atom stereocenters. The topological polar surface area (TPSA) is 26.3 Å². The molecule has 0 aliphatic rings. The van der Waals surface area contributed by atoms with Crippen molar-refractivity contribution in [3.63, 3.8) is 0 Å². The van der Waals surface area contributed by atoms with Crippen LogP contribution in [0.25, 0.3) is 6.08 Å². The molecule has 0 radical (unpaired) electrons. The van der Waals surface area contributed by atoms with Crippen LogP contribution in [0.4, 0.5) is 4.39 Å². The summed E-state index contributed by atoms with van der Waals surface area (Å²) >= 11 is 5.76. The fourth-order valence-electron chi connectivity index (χ4n) is 1.66. The number of carbonyl (C=O) groups is 1. The van der Waals surface area contributed by atoms with E-state index in [4.69, 9.17) is 16.3 Å². The summed E-state index contributed by atoms with van der Waals surface area (Å²) in [4.78, 5) is 11.9. The zero-order valence-corrected chi connectivity index (χ0v) is 11.5. The van der Waals surface area contributed by atoms with Gasteiger partial charge < -0.3 is 4.74 Å². The summed E-state index contributed by atoms with van der Waals surface area (Å²) in [6, 6.07) is 11.0. The number of carbonyl (C=O) groups excluding carboxylic acids is 1. The molecule has 0 heterocycles. The summed E-state index contributed by atoms with van der Waals surface area (Å²) in [5, 5.41) is 0.578. The van der Waals surface area contributed by atoms with E-state index in [-0.39, 0.29) is 11.5 Å². The Morgan fingerprint density at radius 1 is 1.20 bits per heavy atom. The molecule has 2 nitrogen and oxygen atoms in total. The minimum absolute atomic E-state index is 0.145. The van der Waals surface area contributed by atoms with E-state index in [1.807, 2.05) is 0 Å². The Labute approximate surface area is 121 Å². The van der Waals surface area contributed by atoms with E-state index in [0.29, 0.717) is 16.1 Å². The van der Waals surface area contributed by atoms with Gasteiger partial charge in [0.15, 0.2) is 17.3 Å². The molecular weight excluding hydrogens is 279 g/mol. The summed E-state index contributed by atoms with van der Waals surface area (Å²) < 4.78 is 18.1. The Bertz CT molecular complexity index is 648. The van der Waals surface area contributed by atoms with Crippen LogP contribution in [0.15, 0.2) is 48.5 Å². The molecule has 0 saturated heterocycles. The number of benzene rings is 2. The van der Waals surface area contributed by atoms with Gasteiger partial charge >= 0.3 is 0 Å². The highest BCUT2D eigenvalue weighted by atomic mass is 35.5. The van der Waals surface area contributed by atoms with Crippen LogP contribution < -0.4 is 4.74 Å². The molecule has 0 aliphatic carbocycles. The lowest BCUT2D eigenvalue weighted by Gasteiger charge is -2.02. The lowest BCUT2D eigenvalue weighted by molar-refractivity contribution is 0.104. The highest BCUT2D eigenvalue weighted by Gasteiger charge is 2.03. The molecule has 0 aromatic heterocycles. The standard InChI is InChI=1S/C16H12ClFO2/c1-20-16-10-11(2-8-14(16)18)3-9-15(19)12-4-6-13(17)7-5-12/h2-10H,1H3. The van der Waals surface area contributed by atoms with E-state index in [1.54, 1.807) is 36.4 Å². The first-order valence-electron chi connectivity index (χ1n) is 5.91. The molecule has 2 rings (SSSR count). The van der Waals surface area contributed by atoms with E-state index >= 15 is 0 Å². The lowest BCUT2D eigenvalue weighted by Crippen LogP contribution is -1.93. The molecule has 0 fully saturated rings. The largest absolute Gasteiger partial charge is 0.494 e. The van der Waals surface area contributed by atoms with Gasteiger partial charge in [-0.15, -0.1) is 0 Å². The monoisotopic (exact) mass is 290 g/mol. The van der Waals surface area contributed by atoms with Crippen molar-refractivity contribution in [1.29, 1.82) is 0 Å². The maximum atomic E-state index is 13.2. The number of ketones is 1. The molecule has 0 atom stereocenters. The second kappa shape index (κ2) is 6.35. The third-order valence-electron chi connectivity index (χ3n) is 2.73. The van der Waals surface area contributed by atoms with Gasteiger partial charge in [0, 0.05) is 10.6 Å². The Hall–Kier alpha value is -2.13. The maximum absolute atomic E-state index is 13.2. The number of hydrogen-bond acceptors (Lipinski definition) is 2. The average molecular weight is 291 g/mol. The minimum atomic E-state index is -0.436. The molecule has 4 heteroatoms. The SMILES string of the molecule is COc1cc(C=CC(=O)c2ccc(Cl)cc2)ccc1F.